The standard InChI is InChI=1S/C10H7BrN2S2/c11-7-3-1-6(2-4-7)8-9(14)12-5-13-10(8)15/h1-5H,(H2,12,13,14,15). The number of nitrogens with zero attached hydrogens (tertiary/aromatic N) is 1. The Hall–Kier alpha value is -0.650. The number of aromatic amines is 1. The molecule has 0 aliphatic carbocycles. The molecule has 0 bridgehead atoms. The van der Waals surface area contributed by atoms with E-state index in [1.54, 1.807) is 6.33 Å². The van der Waals surface area contributed by atoms with Crippen LogP contribution in [-0.4, -0.2) is 9.97 Å². The lowest BCUT2D eigenvalue weighted by atomic mass is 10.1. The lowest BCUT2D eigenvalue weighted by Crippen LogP contribution is -1.88. The highest BCUT2D eigenvalue weighted by Crippen LogP contribution is 2.26. The Labute approximate surface area is 106 Å². The van der Waals surface area contributed by atoms with Crippen molar-refractivity contribution in [3.63, 3.8) is 0 Å². The van der Waals surface area contributed by atoms with Gasteiger partial charge in [-0.15, -0.1) is 12.6 Å². The third-order valence-corrected chi connectivity index (χ3v) is 3.16. The van der Waals surface area contributed by atoms with Gasteiger partial charge in [0, 0.05) is 10.0 Å². The molecule has 0 unspecified atom stereocenters. The summed E-state index contributed by atoms with van der Waals surface area (Å²) in [6.45, 7) is 0. The topological polar surface area (TPSA) is 28.7 Å². The van der Waals surface area contributed by atoms with Crippen molar-refractivity contribution >= 4 is 40.8 Å². The van der Waals surface area contributed by atoms with Crippen LogP contribution in [0.25, 0.3) is 11.1 Å². The smallest absolute Gasteiger partial charge is 0.115 e. The van der Waals surface area contributed by atoms with Crippen LogP contribution in [-0.2, 0) is 0 Å². The molecule has 0 atom stereocenters. The molecule has 1 aromatic carbocycles. The molecule has 0 saturated heterocycles. The monoisotopic (exact) mass is 298 g/mol. The zero-order valence-electron chi connectivity index (χ0n) is 7.57. The molecule has 0 aliphatic heterocycles. The minimum Gasteiger partial charge on any atom is -0.337 e. The number of hydrogen-bond donors (Lipinski definition) is 2. The van der Waals surface area contributed by atoms with E-state index in [1.165, 1.54) is 0 Å². The van der Waals surface area contributed by atoms with Gasteiger partial charge in [0.2, 0.25) is 0 Å². The zero-order chi connectivity index (χ0) is 10.8. The lowest BCUT2D eigenvalue weighted by Gasteiger charge is -2.04. The lowest BCUT2D eigenvalue weighted by molar-refractivity contribution is 1.05. The molecule has 0 saturated carbocycles. The molecule has 1 heterocycles. The van der Waals surface area contributed by atoms with Crippen LogP contribution in [0.2, 0.25) is 0 Å². The fourth-order valence-electron chi connectivity index (χ4n) is 1.27. The first-order chi connectivity index (χ1) is 7.18. The second kappa shape index (κ2) is 4.47. The molecule has 2 aromatic rings. The molecule has 0 spiro atoms. The quantitative estimate of drug-likeness (QED) is 0.475. The van der Waals surface area contributed by atoms with Crippen molar-refractivity contribution in [3.8, 4) is 11.1 Å². The van der Waals surface area contributed by atoms with Crippen molar-refractivity contribution in [1.82, 2.24) is 9.97 Å². The minimum atomic E-state index is 0.640. The first kappa shape index (κ1) is 10.9. The first-order valence-electron chi connectivity index (χ1n) is 4.21. The van der Waals surface area contributed by atoms with Crippen molar-refractivity contribution in [1.29, 1.82) is 0 Å². The molecule has 15 heavy (non-hydrogen) atoms. The van der Waals surface area contributed by atoms with Gasteiger partial charge in [0.1, 0.15) is 9.67 Å². The average molecular weight is 299 g/mol. The third kappa shape index (κ3) is 2.30. The molecule has 2 rings (SSSR count). The van der Waals surface area contributed by atoms with E-state index in [2.05, 4.69) is 38.5 Å². The van der Waals surface area contributed by atoms with E-state index in [9.17, 15) is 0 Å². The van der Waals surface area contributed by atoms with Gasteiger partial charge in [-0.3, -0.25) is 0 Å². The Kier molecular flexibility index (Phi) is 3.23. The van der Waals surface area contributed by atoms with E-state index in [-0.39, 0.29) is 0 Å². The summed E-state index contributed by atoms with van der Waals surface area (Å²) in [5, 5.41) is 0.640. The summed E-state index contributed by atoms with van der Waals surface area (Å²) in [6, 6.07) is 7.88. The maximum Gasteiger partial charge on any atom is 0.115 e. The van der Waals surface area contributed by atoms with Crippen LogP contribution in [0.5, 0.6) is 0 Å². The van der Waals surface area contributed by atoms with Crippen LogP contribution in [0, 0.1) is 4.64 Å². The van der Waals surface area contributed by atoms with E-state index in [0.717, 1.165) is 15.6 Å². The number of hydrogen-bond acceptors (Lipinski definition) is 3. The van der Waals surface area contributed by atoms with Crippen LogP contribution in [0.4, 0.5) is 0 Å². The van der Waals surface area contributed by atoms with Crippen molar-refractivity contribution < 1.29 is 0 Å². The van der Waals surface area contributed by atoms with Crippen molar-refractivity contribution in [3.05, 3.63) is 39.7 Å². The summed E-state index contributed by atoms with van der Waals surface area (Å²) in [6.07, 6.45) is 1.55. The molecule has 1 N–H and O–H groups in total. The van der Waals surface area contributed by atoms with Gasteiger partial charge in [0.15, 0.2) is 0 Å². The molecule has 0 fully saturated rings. The second-order valence-corrected chi connectivity index (χ2v) is 4.68. The summed E-state index contributed by atoms with van der Waals surface area (Å²) in [5.41, 5.74) is 1.88. The third-order valence-electron chi connectivity index (χ3n) is 1.97. The van der Waals surface area contributed by atoms with Crippen LogP contribution in [0.3, 0.4) is 0 Å². The number of rotatable bonds is 1. The highest BCUT2D eigenvalue weighted by atomic mass is 79.9. The van der Waals surface area contributed by atoms with E-state index < -0.39 is 0 Å². The van der Waals surface area contributed by atoms with Gasteiger partial charge < -0.3 is 4.98 Å². The first-order valence-corrected chi connectivity index (χ1v) is 5.86. The highest BCUT2D eigenvalue weighted by molar-refractivity contribution is 9.10. The van der Waals surface area contributed by atoms with Gasteiger partial charge >= 0.3 is 0 Å². The number of nitrogens with one attached hydrogen (secondary N) is 1. The number of halogens is 1. The van der Waals surface area contributed by atoms with Crippen molar-refractivity contribution in [2.75, 3.05) is 0 Å². The fourth-order valence-corrected chi connectivity index (χ4v) is 2.17. The van der Waals surface area contributed by atoms with Gasteiger partial charge in [0.25, 0.3) is 0 Å². The summed E-state index contributed by atoms with van der Waals surface area (Å²) < 4.78 is 1.68. The Morgan fingerprint density at radius 2 is 1.93 bits per heavy atom. The normalized spacial score (nSPS) is 10.3. The minimum absolute atomic E-state index is 0.640. The van der Waals surface area contributed by atoms with Gasteiger partial charge in [-0.1, -0.05) is 40.3 Å². The number of thiol groups is 1. The summed E-state index contributed by atoms with van der Waals surface area (Å²) >= 11 is 12.9. The Bertz CT molecular complexity index is 534. The number of aromatic nitrogens is 2. The summed E-state index contributed by atoms with van der Waals surface area (Å²) in [7, 11) is 0. The van der Waals surface area contributed by atoms with Crippen molar-refractivity contribution in [2.24, 2.45) is 0 Å². The van der Waals surface area contributed by atoms with Crippen LogP contribution < -0.4 is 0 Å². The maximum atomic E-state index is 5.20. The predicted octanol–water partition coefficient (Wildman–Crippen LogP) is 3.86. The molecule has 0 amide bonds. The van der Waals surface area contributed by atoms with Crippen LogP contribution in [0.1, 0.15) is 0 Å². The number of benzene rings is 1. The van der Waals surface area contributed by atoms with Gasteiger partial charge in [-0.05, 0) is 17.7 Å². The summed E-state index contributed by atoms with van der Waals surface area (Å²) in [5.74, 6) is 0. The molecular formula is C10H7BrN2S2. The van der Waals surface area contributed by atoms with E-state index in [1.807, 2.05) is 24.3 Å². The molecule has 76 valence electrons. The van der Waals surface area contributed by atoms with Crippen LogP contribution in [0.15, 0.2) is 40.1 Å². The average Bonchev–Trinajstić information content (AvgIpc) is 2.20. The van der Waals surface area contributed by atoms with Crippen LogP contribution >= 0.6 is 40.8 Å². The second-order valence-electron chi connectivity index (χ2n) is 2.94. The molecule has 1 aromatic heterocycles. The van der Waals surface area contributed by atoms with Gasteiger partial charge in [-0.2, -0.15) is 0 Å². The Balaban J connectivity index is 2.64. The molecule has 0 aliphatic rings. The Morgan fingerprint density at radius 3 is 2.53 bits per heavy atom. The van der Waals surface area contributed by atoms with Crippen molar-refractivity contribution in [2.45, 2.75) is 5.03 Å². The van der Waals surface area contributed by atoms with E-state index >= 15 is 0 Å². The van der Waals surface area contributed by atoms with Gasteiger partial charge in [0.05, 0.1) is 6.33 Å². The van der Waals surface area contributed by atoms with Gasteiger partial charge in [-0.25, -0.2) is 4.98 Å². The fraction of sp³-hybridized carbons (Fsp3) is 0. The van der Waals surface area contributed by atoms with E-state index in [4.69, 9.17) is 12.2 Å². The number of H-pyrrole nitrogens is 1. The molecule has 0 radical (unpaired) electrons. The summed E-state index contributed by atoms with van der Waals surface area (Å²) in [4.78, 5) is 6.97. The molecular weight excluding hydrogens is 292 g/mol. The predicted molar refractivity (Wildman–Crippen MR) is 69.8 cm³/mol. The van der Waals surface area contributed by atoms with E-state index in [0.29, 0.717) is 9.67 Å². The Morgan fingerprint density at radius 1 is 1.27 bits per heavy atom. The zero-order valence-corrected chi connectivity index (χ0v) is 10.9. The maximum absolute atomic E-state index is 5.20. The SMILES string of the molecule is S=c1[nH]cnc(S)c1-c1ccc(Br)cc1. The molecule has 5 heteroatoms. The largest absolute Gasteiger partial charge is 0.337 e. The molecule has 2 nitrogen and oxygen atoms in total. The highest BCUT2D eigenvalue weighted by Gasteiger charge is 2.05.